The number of carbonyl (C=O) groups is 6. The van der Waals surface area contributed by atoms with Crippen molar-refractivity contribution in [2.45, 2.75) is 154 Å². The van der Waals surface area contributed by atoms with Crippen LogP contribution in [0.25, 0.3) is 0 Å². The molecule has 0 unspecified atom stereocenters. The van der Waals surface area contributed by atoms with E-state index in [2.05, 4.69) is 21.3 Å². The molecule has 294 valence electrons. The first-order valence-corrected chi connectivity index (χ1v) is 18.8. The van der Waals surface area contributed by atoms with E-state index < -0.39 is 66.0 Å². The number of nitrogens with zero attached hydrogens (tertiary/aromatic N) is 2. The van der Waals surface area contributed by atoms with Crippen LogP contribution in [0.2, 0.25) is 0 Å². The summed E-state index contributed by atoms with van der Waals surface area (Å²) >= 11 is 0. The highest BCUT2D eigenvalue weighted by Crippen LogP contribution is 2.27. The van der Waals surface area contributed by atoms with Gasteiger partial charge in [0, 0.05) is 32.5 Å². The third-order valence-corrected chi connectivity index (χ3v) is 10.0. The summed E-state index contributed by atoms with van der Waals surface area (Å²) in [5.41, 5.74) is 0. The van der Waals surface area contributed by atoms with E-state index in [-0.39, 0.29) is 36.8 Å². The van der Waals surface area contributed by atoms with Crippen LogP contribution in [0, 0.1) is 11.8 Å². The summed E-state index contributed by atoms with van der Waals surface area (Å²) in [6.07, 6.45) is 7.52. The van der Waals surface area contributed by atoms with Crippen molar-refractivity contribution in [3.05, 3.63) is 0 Å². The monoisotopic (exact) mass is 736 g/mol. The molecule has 16 heteroatoms. The van der Waals surface area contributed by atoms with Crippen LogP contribution in [-0.4, -0.2) is 124 Å². The average Bonchev–Trinajstić information content (AvgIpc) is 3.52. The number of rotatable bonds is 15. The van der Waals surface area contributed by atoms with Gasteiger partial charge >= 0.3 is 6.15 Å². The van der Waals surface area contributed by atoms with E-state index in [1.165, 1.54) is 42.9 Å². The number of piperidine rings is 1. The van der Waals surface area contributed by atoms with Crippen molar-refractivity contribution in [1.82, 2.24) is 31.1 Å². The highest BCUT2D eigenvalue weighted by atomic mass is 16.3. The standard InChI is InChI=1S/C35H60N6O8.CO2/c1-6-17-36-33(47)30(23(5)42)39-32(46)27-19-25(43)20-41(27)34(48)22(4)37-31(45)26-14-10-11-18-40(26)35(49)29(21(2)3)38-28(44)16-15-24-12-8-7-9-13-24;2-1-3/h21-27,29-30,42-43H,6-20H2,1-5H3,(H,36,47)(H,37,45)(H,38,44)(H,39,46);/t22-,23+,25+,26-,27-,29-,30-;/m0./s1. The summed E-state index contributed by atoms with van der Waals surface area (Å²) in [4.78, 5) is 98.7. The number of amides is 6. The molecule has 16 nitrogen and oxygen atoms in total. The first kappa shape index (κ1) is 44.3. The fourth-order valence-electron chi connectivity index (χ4n) is 7.16. The third-order valence-electron chi connectivity index (χ3n) is 10.0. The van der Waals surface area contributed by atoms with Crippen LogP contribution in [0.1, 0.15) is 112 Å². The van der Waals surface area contributed by atoms with Gasteiger partial charge in [-0.2, -0.15) is 9.59 Å². The Morgan fingerprint density at radius 2 is 1.40 bits per heavy atom. The molecular formula is C36H60N6O10. The van der Waals surface area contributed by atoms with Crippen LogP contribution >= 0.6 is 0 Å². The molecule has 2 heterocycles. The average molecular weight is 737 g/mol. The molecular weight excluding hydrogens is 676 g/mol. The van der Waals surface area contributed by atoms with Crippen molar-refractivity contribution in [2.24, 2.45) is 11.8 Å². The molecule has 1 aliphatic carbocycles. The number of hydrogen-bond acceptors (Lipinski definition) is 10. The Morgan fingerprint density at radius 1 is 0.788 bits per heavy atom. The van der Waals surface area contributed by atoms with E-state index in [1.54, 1.807) is 0 Å². The Hall–Kier alpha value is -3.88. The molecule has 3 rings (SSSR count). The Bertz CT molecular complexity index is 1250. The number of aliphatic hydroxyl groups is 2. The van der Waals surface area contributed by atoms with Crippen LogP contribution in [0.5, 0.6) is 0 Å². The number of carbonyl (C=O) groups excluding carboxylic acids is 8. The van der Waals surface area contributed by atoms with E-state index in [9.17, 15) is 39.0 Å². The number of β-amino-alcohol motifs (C(OH)–C–C–N with tert-alkyl or cyclic N) is 1. The highest BCUT2D eigenvalue weighted by molar-refractivity contribution is 5.96. The lowest BCUT2D eigenvalue weighted by molar-refractivity contribution is -0.191. The van der Waals surface area contributed by atoms with Gasteiger partial charge in [-0.3, -0.25) is 28.8 Å². The zero-order chi connectivity index (χ0) is 39.0. The molecule has 0 spiro atoms. The molecule has 1 saturated carbocycles. The molecule has 0 bridgehead atoms. The van der Waals surface area contributed by atoms with Crippen LogP contribution in [0.4, 0.5) is 0 Å². The second-order valence-electron chi connectivity index (χ2n) is 14.6. The lowest BCUT2D eigenvalue weighted by atomic mass is 9.86. The van der Waals surface area contributed by atoms with Gasteiger partial charge in [-0.15, -0.1) is 0 Å². The number of hydrogen-bond donors (Lipinski definition) is 6. The fourth-order valence-corrected chi connectivity index (χ4v) is 7.16. The van der Waals surface area contributed by atoms with E-state index in [0.29, 0.717) is 51.1 Å². The van der Waals surface area contributed by atoms with Gasteiger partial charge in [-0.1, -0.05) is 52.9 Å². The van der Waals surface area contributed by atoms with Crippen molar-refractivity contribution >= 4 is 41.6 Å². The fraction of sp³-hybridized carbons (Fsp3) is 0.806. The third kappa shape index (κ3) is 13.3. The van der Waals surface area contributed by atoms with Crippen molar-refractivity contribution in [3.63, 3.8) is 0 Å². The molecule has 3 aliphatic rings. The van der Waals surface area contributed by atoms with Gasteiger partial charge < -0.3 is 41.3 Å². The van der Waals surface area contributed by atoms with Gasteiger partial charge in [0.05, 0.1) is 12.2 Å². The van der Waals surface area contributed by atoms with Crippen molar-refractivity contribution in [3.8, 4) is 0 Å². The normalized spacial score (nSPS) is 22.8. The molecule has 2 aliphatic heterocycles. The minimum absolute atomic E-state index is 0.0742. The van der Waals surface area contributed by atoms with Crippen LogP contribution < -0.4 is 21.3 Å². The zero-order valence-electron chi connectivity index (χ0n) is 31.4. The number of nitrogens with one attached hydrogen (secondary N) is 4. The lowest BCUT2D eigenvalue weighted by Crippen LogP contribution is -2.61. The number of likely N-dealkylation sites (tertiary alicyclic amines) is 2. The van der Waals surface area contributed by atoms with E-state index in [1.807, 2.05) is 20.8 Å². The SMILES string of the molecule is CCCNC(=O)[C@@H](NC(=O)[C@@H]1C[C@@H](O)CN1C(=O)[C@H](C)NC(=O)[C@@H]1CCCCN1C(=O)[C@@H](NC(=O)CCC1CCCCC1)C(C)C)[C@@H](C)O.O=C=O. The van der Waals surface area contributed by atoms with Crippen molar-refractivity contribution in [1.29, 1.82) is 0 Å². The van der Waals surface area contributed by atoms with E-state index in [0.717, 1.165) is 19.3 Å². The Balaban J connectivity index is 0.00000301. The second-order valence-corrected chi connectivity index (χ2v) is 14.6. The topological polar surface area (TPSA) is 232 Å². The Morgan fingerprint density at radius 3 is 2.00 bits per heavy atom. The van der Waals surface area contributed by atoms with Crippen molar-refractivity contribution in [2.75, 3.05) is 19.6 Å². The lowest BCUT2D eigenvalue weighted by Gasteiger charge is -2.38. The smallest absolute Gasteiger partial charge is 0.373 e. The minimum atomic E-state index is -1.25. The van der Waals surface area contributed by atoms with Crippen LogP contribution in [0.3, 0.4) is 0 Å². The second kappa shape index (κ2) is 22.2. The largest absolute Gasteiger partial charge is 0.391 e. The van der Waals surface area contributed by atoms with Gasteiger partial charge in [-0.25, -0.2) is 0 Å². The van der Waals surface area contributed by atoms with Gasteiger partial charge in [-0.05, 0) is 57.8 Å². The summed E-state index contributed by atoms with van der Waals surface area (Å²) < 4.78 is 0. The molecule has 3 fully saturated rings. The summed E-state index contributed by atoms with van der Waals surface area (Å²) in [5.74, 6) is -2.53. The van der Waals surface area contributed by atoms with E-state index in [4.69, 9.17) is 9.59 Å². The molecule has 6 amide bonds. The molecule has 0 radical (unpaired) electrons. The molecule has 0 aromatic rings. The maximum absolute atomic E-state index is 13.9. The first-order valence-electron chi connectivity index (χ1n) is 18.8. The highest BCUT2D eigenvalue weighted by Gasteiger charge is 2.43. The number of aliphatic hydroxyl groups excluding tert-OH is 2. The molecule has 52 heavy (non-hydrogen) atoms. The first-order chi connectivity index (χ1) is 24.7. The Kier molecular flexibility index (Phi) is 18.9. The van der Waals surface area contributed by atoms with Gasteiger partial charge in [0.1, 0.15) is 30.2 Å². The molecule has 6 N–H and O–H groups in total. The predicted molar refractivity (Wildman–Crippen MR) is 188 cm³/mol. The molecule has 7 atom stereocenters. The molecule has 0 aromatic heterocycles. The quantitative estimate of drug-likeness (QED) is 0.133. The van der Waals surface area contributed by atoms with Crippen LogP contribution in [-0.2, 0) is 38.4 Å². The summed E-state index contributed by atoms with van der Waals surface area (Å²) in [5, 5.41) is 31.4. The zero-order valence-corrected chi connectivity index (χ0v) is 31.4. The minimum Gasteiger partial charge on any atom is -0.391 e. The summed E-state index contributed by atoms with van der Waals surface area (Å²) in [6.45, 7) is 9.00. The molecule has 0 aromatic carbocycles. The molecule has 2 saturated heterocycles. The summed E-state index contributed by atoms with van der Waals surface area (Å²) in [6, 6.07) is -5.09. The summed E-state index contributed by atoms with van der Waals surface area (Å²) in [7, 11) is 0. The Labute approximate surface area is 306 Å². The predicted octanol–water partition coefficient (Wildman–Crippen LogP) is 0.144. The van der Waals surface area contributed by atoms with Gasteiger partial charge in [0.25, 0.3) is 0 Å². The maximum atomic E-state index is 13.9. The van der Waals surface area contributed by atoms with E-state index >= 15 is 0 Å². The maximum Gasteiger partial charge on any atom is 0.373 e. The van der Waals surface area contributed by atoms with Gasteiger partial charge in [0.2, 0.25) is 35.4 Å². The van der Waals surface area contributed by atoms with Crippen LogP contribution in [0.15, 0.2) is 0 Å². The van der Waals surface area contributed by atoms with Gasteiger partial charge in [0.15, 0.2) is 0 Å². The van der Waals surface area contributed by atoms with Crippen molar-refractivity contribution < 1.29 is 48.6 Å².